The number of hydrogen-bond acceptors (Lipinski definition) is 6. The van der Waals surface area contributed by atoms with Crippen LogP contribution in [0.5, 0.6) is 0 Å². The molecule has 0 bridgehead atoms. The van der Waals surface area contributed by atoms with E-state index in [9.17, 15) is 8.42 Å². The molecule has 1 saturated heterocycles. The maximum atomic E-state index is 12.2. The zero-order valence-electron chi connectivity index (χ0n) is 16.2. The first kappa shape index (κ1) is 22.4. The number of guanidine groups is 1. The molecular weight excluding hydrogens is 402 g/mol. The summed E-state index contributed by atoms with van der Waals surface area (Å²) in [6, 6.07) is 0.264. The van der Waals surface area contributed by atoms with E-state index in [2.05, 4.69) is 27.5 Å². The van der Waals surface area contributed by atoms with Gasteiger partial charge in [0.1, 0.15) is 4.34 Å². The van der Waals surface area contributed by atoms with Crippen LogP contribution in [0.25, 0.3) is 0 Å². The van der Waals surface area contributed by atoms with Gasteiger partial charge in [-0.25, -0.2) is 17.7 Å². The Balaban J connectivity index is 1.73. The Morgan fingerprint density at radius 1 is 1.41 bits per heavy atom. The van der Waals surface area contributed by atoms with Gasteiger partial charge in [0.25, 0.3) is 0 Å². The molecule has 0 saturated carbocycles. The second-order valence-corrected chi connectivity index (χ2v) is 10.7. The third-order valence-corrected chi connectivity index (χ3v) is 8.33. The minimum Gasteiger partial charge on any atom is -0.357 e. The van der Waals surface area contributed by atoms with E-state index < -0.39 is 10.0 Å². The van der Waals surface area contributed by atoms with Crippen molar-refractivity contribution in [1.29, 1.82) is 0 Å². The fraction of sp³-hybridized carbons (Fsp3) is 0.765. The van der Waals surface area contributed by atoms with Gasteiger partial charge in [0, 0.05) is 49.6 Å². The Kier molecular flexibility index (Phi) is 9.88. The Morgan fingerprint density at radius 3 is 2.81 bits per heavy atom. The smallest absolute Gasteiger partial charge is 0.214 e. The minimum atomic E-state index is -3.08. The molecule has 1 fully saturated rings. The molecule has 2 N–H and O–H groups in total. The summed E-state index contributed by atoms with van der Waals surface area (Å²) in [6.07, 6.45) is 5.12. The molecule has 0 aromatic carbocycles. The number of thioether (sulfide) groups is 1. The maximum Gasteiger partial charge on any atom is 0.214 e. The molecule has 0 radical (unpaired) electrons. The minimum absolute atomic E-state index is 0.244. The number of sulfonamides is 1. The molecule has 2 rings (SSSR count). The Hall–Kier alpha value is -0.840. The third kappa shape index (κ3) is 7.97. The molecule has 27 heavy (non-hydrogen) atoms. The molecular formula is C17H31N5O2S3. The summed E-state index contributed by atoms with van der Waals surface area (Å²) < 4.78 is 27.1. The lowest BCUT2D eigenvalue weighted by atomic mass is 10.1. The molecule has 10 heteroatoms. The van der Waals surface area contributed by atoms with E-state index in [0.717, 1.165) is 48.4 Å². The lowest BCUT2D eigenvalue weighted by Crippen LogP contribution is -2.50. The van der Waals surface area contributed by atoms with E-state index in [-0.39, 0.29) is 11.8 Å². The number of hydrogen-bond donors (Lipinski definition) is 2. The van der Waals surface area contributed by atoms with Gasteiger partial charge in [-0.3, -0.25) is 4.99 Å². The van der Waals surface area contributed by atoms with Gasteiger partial charge in [0.2, 0.25) is 10.0 Å². The molecule has 7 nitrogen and oxygen atoms in total. The molecule has 154 valence electrons. The topological polar surface area (TPSA) is 86.7 Å². The van der Waals surface area contributed by atoms with Crippen LogP contribution in [-0.2, 0) is 10.0 Å². The van der Waals surface area contributed by atoms with Crippen molar-refractivity contribution >= 4 is 39.1 Å². The molecule has 0 amide bonds. The normalized spacial score (nSPS) is 17.2. The first-order valence-electron chi connectivity index (χ1n) is 9.60. The van der Waals surface area contributed by atoms with Gasteiger partial charge >= 0.3 is 0 Å². The number of nitrogens with zero attached hydrogens (tertiary/aromatic N) is 3. The third-order valence-electron chi connectivity index (χ3n) is 4.20. The van der Waals surface area contributed by atoms with Gasteiger partial charge in [-0.2, -0.15) is 0 Å². The number of nitrogens with one attached hydrogen (secondary N) is 2. The number of aromatic nitrogens is 1. The zero-order valence-corrected chi connectivity index (χ0v) is 18.6. The second-order valence-electron chi connectivity index (χ2n) is 6.39. The van der Waals surface area contributed by atoms with Crippen LogP contribution in [0.15, 0.2) is 20.9 Å². The molecule has 0 atom stereocenters. The van der Waals surface area contributed by atoms with Crippen molar-refractivity contribution in [2.24, 2.45) is 4.99 Å². The zero-order chi connectivity index (χ0) is 19.5. The first-order chi connectivity index (χ1) is 13.0. The van der Waals surface area contributed by atoms with E-state index in [1.807, 2.05) is 18.5 Å². The molecule has 0 spiro atoms. The van der Waals surface area contributed by atoms with Crippen molar-refractivity contribution in [2.45, 2.75) is 49.9 Å². The average Bonchev–Trinajstić information content (AvgIpc) is 3.15. The fourth-order valence-electron chi connectivity index (χ4n) is 2.88. The van der Waals surface area contributed by atoms with E-state index >= 15 is 0 Å². The fourth-order valence-corrected chi connectivity index (χ4v) is 6.05. The molecule has 1 aliphatic heterocycles. The highest BCUT2D eigenvalue weighted by Crippen LogP contribution is 2.20. The van der Waals surface area contributed by atoms with E-state index in [1.165, 1.54) is 0 Å². The predicted octanol–water partition coefficient (Wildman–Crippen LogP) is 2.38. The van der Waals surface area contributed by atoms with Crippen molar-refractivity contribution in [2.75, 3.05) is 37.7 Å². The van der Waals surface area contributed by atoms with E-state index in [0.29, 0.717) is 19.5 Å². The van der Waals surface area contributed by atoms with Crippen LogP contribution < -0.4 is 10.6 Å². The summed E-state index contributed by atoms with van der Waals surface area (Å²) in [5.74, 6) is 2.07. The Morgan fingerprint density at radius 2 is 2.19 bits per heavy atom. The lowest BCUT2D eigenvalue weighted by Gasteiger charge is -2.32. The average molecular weight is 434 g/mol. The van der Waals surface area contributed by atoms with Crippen LogP contribution in [0.1, 0.15) is 39.5 Å². The number of piperidine rings is 1. The summed E-state index contributed by atoms with van der Waals surface area (Å²) in [7, 11) is -3.08. The Labute approximate surface area is 171 Å². The monoisotopic (exact) mass is 433 g/mol. The second kappa shape index (κ2) is 11.9. The van der Waals surface area contributed by atoms with Gasteiger partial charge in [-0.1, -0.05) is 18.7 Å². The number of rotatable bonds is 10. The summed E-state index contributed by atoms with van der Waals surface area (Å²) in [6.45, 7) is 6.70. The largest absolute Gasteiger partial charge is 0.357 e. The van der Waals surface area contributed by atoms with Crippen LogP contribution in [-0.4, -0.2) is 67.4 Å². The molecule has 0 unspecified atom stereocenters. The van der Waals surface area contributed by atoms with Crippen LogP contribution in [0.4, 0.5) is 0 Å². The van der Waals surface area contributed by atoms with Gasteiger partial charge in [-0.05, 0) is 32.6 Å². The SMILES string of the molecule is CCCS(=O)(=O)N1CCC(NC(=NCCCSc2nccs2)NCC)CC1. The molecule has 1 aromatic heterocycles. The number of thiazole rings is 1. The van der Waals surface area contributed by atoms with Gasteiger partial charge in [-0.15, -0.1) is 11.3 Å². The highest BCUT2D eigenvalue weighted by Gasteiger charge is 2.27. The standard InChI is InChI=1S/C17H31N5O2S3/c1-3-14-27(23,24)22-10-6-15(7-11-22)21-16(18-4-2)19-8-5-12-25-17-20-9-13-26-17/h9,13,15H,3-8,10-12,14H2,1-2H3,(H2,18,19,21). The first-order valence-corrected chi connectivity index (χ1v) is 13.1. The summed E-state index contributed by atoms with van der Waals surface area (Å²) in [5.41, 5.74) is 0. The highest BCUT2D eigenvalue weighted by molar-refractivity contribution is 8.01. The molecule has 1 aromatic rings. The van der Waals surface area contributed by atoms with Gasteiger partial charge in [0.05, 0.1) is 5.75 Å². The highest BCUT2D eigenvalue weighted by atomic mass is 32.2. The maximum absolute atomic E-state index is 12.2. The van der Waals surface area contributed by atoms with Crippen LogP contribution in [0.3, 0.4) is 0 Å². The quantitative estimate of drug-likeness (QED) is 0.255. The molecule has 0 aliphatic carbocycles. The summed E-state index contributed by atoms with van der Waals surface area (Å²) >= 11 is 3.44. The van der Waals surface area contributed by atoms with Gasteiger partial charge in [0.15, 0.2) is 5.96 Å². The van der Waals surface area contributed by atoms with E-state index in [4.69, 9.17) is 0 Å². The summed E-state index contributed by atoms with van der Waals surface area (Å²) in [5, 5.41) is 8.74. The van der Waals surface area contributed by atoms with Crippen LogP contribution >= 0.6 is 23.1 Å². The van der Waals surface area contributed by atoms with E-state index in [1.54, 1.807) is 27.4 Å². The van der Waals surface area contributed by atoms with Crippen LogP contribution in [0, 0.1) is 0 Å². The molecule has 2 heterocycles. The molecule has 1 aliphatic rings. The Bertz CT molecular complexity index is 656. The lowest BCUT2D eigenvalue weighted by molar-refractivity contribution is 0.306. The predicted molar refractivity (Wildman–Crippen MR) is 115 cm³/mol. The van der Waals surface area contributed by atoms with Crippen molar-refractivity contribution in [3.63, 3.8) is 0 Å². The van der Waals surface area contributed by atoms with Crippen molar-refractivity contribution in [1.82, 2.24) is 19.9 Å². The number of aliphatic imine (C=N–C) groups is 1. The van der Waals surface area contributed by atoms with Crippen molar-refractivity contribution in [3.05, 3.63) is 11.6 Å². The van der Waals surface area contributed by atoms with Crippen molar-refractivity contribution in [3.8, 4) is 0 Å². The summed E-state index contributed by atoms with van der Waals surface area (Å²) in [4.78, 5) is 8.92. The van der Waals surface area contributed by atoms with Gasteiger partial charge < -0.3 is 10.6 Å². The van der Waals surface area contributed by atoms with Crippen LogP contribution in [0.2, 0.25) is 0 Å². The van der Waals surface area contributed by atoms with Crippen molar-refractivity contribution < 1.29 is 8.42 Å².